The molecule has 0 heterocycles. The van der Waals surface area contributed by atoms with Crippen LogP contribution < -0.4 is 5.32 Å². The smallest absolute Gasteiger partial charge is 0.242 e. The van der Waals surface area contributed by atoms with Gasteiger partial charge in [-0.3, -0.25) is 9.59 Å². The zero-order valence-electron chi connectivity index (χ0n) is 19.2. The van der Waals surface area contributed by atoms with Crippen LogP contribution >= 0.6 is 0 Å². The van der Waals surface area contributed by atoms with Crippen LogP contribution in [0.1, 0.15) is 37.3 Å². The van der Waals surface area contributed by atoms with Crippen LogP contribution in [0.4, 0.5) is 0 Å². The molecule has 0 aliphatic rings. The lowest BCUT2D eigenvalue weighted by Gasteiger charge is -2.30. The van der Waals surface area contributed by atoms with Crippen molar-refractivity contribution in [2.45, 2.75) is 50.6 Å². The standard InChI is InChI=1S/C24H33N3O4S/c1-5-22(24(29)25-3)27(18-20-12-9-11-19(2)17-20)23(28)15-10-16-26(4)32(30,31)21-13-7-6-8-14-21/h6-9,11-14,17,22H,5,10,15-16,18H2,1-4H3,(H,25,29). The van der Waals surface area contributed by atoms with Gasteiger partial charge in [-0.1, -0.05) is 55.0 Å². The summed E-state index contributed by atoms with van der Waals surface area (Å²) in [5.74, 6) is -0.384. The largest absolute Gasteiger partial charge is 0.357 e. The molecule has 0 aliphatic heterocycles. The number of carbonyl (C=O) groups is 2. The molecule has 174 valence electrons. The lowest BCUT2D eigenvalue weighted by Crippen LogP contribution is -2.48. The van der Waals surface area contributed by atoms with Crippen LogP contribution in [0.2, 0.25) is 0 Å². The predicted molar refractivity (Wildman–Crippen MR) is 125 cm³/mol. The molecule has 0 spiro atoms. The quantitative estimate of drug-likeness (QED) is 0.560. The van der Waals surface area contributed by atoms with Gasteiger partial charge in [-0.25, -0.2) is 12.7 Å². The molecule has 2 aromatic rings. The third-order valence-corrected chi connectivity index (χ3v) is 7.25. The van der Waals surface area contributed by atoms with Gasteiger partial charge in [-0.2, -0.15) is 0 Å². The van der Waals surface area contributed by atoms with E-state index in [0.29, 0.717) is 19.4 Å². The van der Waals surface area contributed by atoms with E-state index in [-0.39, 0.29) is 29.7 Å². The summed E-state index contributed by atoms with van der Waals surface area (Å²) < 4.78 is 26.6. The van der Waals surface area contributed by atoms with E-state index in [0.717, 1.165) is 11.1 Å². The van der Waals surface area contributed by atoms with E-state index in [1.807, 2.05) is 38.1 Å². The number of benzene rings is 2. The Morgan fingerprint density at radius 3 is 2.34 bits per heavy atom. The molecule has 1 unspecified atom stereocenters. The second-order valence-electron chi connectivity index (χ2n) is 7.79. The molecular formula is C24H33N3O4S. The number of hydrogen-bond donors (Lipinski definition) is 1. The highest BCUT2D eigenvalue weighted by molar-refractivity contribution is 7.89. The highest BCUT2D eigenvalue weighted by Crippen LogP contribution is 2.17. The lowest BCUT2D eigenvalue weighted by molar-refractivity contribution is -0.141. The Labute approximate surface area is 191 Å². The van der Waals surface area contributed by atoms with Gasteiger partial charge in [0.2, 0.25) is 21.8 Å². The maximum absolute atomic E-state index is 13.1. The molecule has 0 bridgehead atoms. The molecule has 7 nitrogen and oxygen atoms in total. The molecule has 1 N–H and O–H groups in total. The fourth-order valence-corrected chi connectivity index (χ4v) is 4.81. The van der Waals surface area contributed by atoms with Crippen molar-refractivity contribution >= 4 is 21.8 Å². The number of aryl methyl sites for hydroxylation is 1. The first-order valence-electron chi connectivity index (χ1n) is 10.8. The van der Waals surface area contributed by atoms with Crippen molar-refractivity contribution in [3.63, 3.8) is 0 Å². The van der Waals surface area contributed by atoms with E-state index in [1.54, 1.807) is 42.3 Å². The Balaban J connectivity index is 2.09. The number of likely N-dealkylation sites (N-methyl/N-ethyl adjacent to an activating group) is 1. The van der Waals surface area contributed by atoms with Gasteiger partial charge in [0.1, 0.15) is 6.04 Å². The van der Waals surface area contributed by atoms with E-state index >= 15 is 0 Å². The van der Waals surface area contributed by atoms with Gasteiger partial charge < -0.3 is 10.2 Å². The number of carbonyl (C=O) groups excluding carboxylic acids is 2. The van der Waals surface area contributed by atoms with Crippen LogP contribution in [0.5, 0.6) is 0 Å². The highest BCUT2D eigenvalue weighted by Gasteiger charge is 2.28. The second-order valence-corrected chi connectivity index (χ2v) is 9.84. The van der Waals surface area contributed by atoms with Crippen molar-refractivity contribution in [2.75, 3.05) is 20.6 Å². The molecule has 8 heteroatoms. The van der Waals surface area contributed by atoms with Gasteiger partial charge in [-0.15, -0.1) is 0 Å². The molecule has 0 radical (unpaired) electrons. The molecule has 2 amide bonds. The van der Waals surface area contributed by atoms with Crippen molar-refractivity contribution < 1.29 is 18.0 Å². The van der Waals surface area contributed by atoms with Gasteiger partial charge in [0.05, 0.1) is 4.90 Å². The Hall–Kier alpha value is -2.71. The number of amides is 2. The van der Waals surface area contributed by atoms with E-state index < -0.39 is 16.1 Å². The molecule has 2 rings (SSSR count). The van der Waals surface area contributed by atoms with Crippen molar-refractivity contribution in [1.29, 1.82) is 0 Å². The summed E-state index contributed by atoms with van der Waals surface area (Å²) in [6.07, 6.45) is 0.989. The fraction of sp³-hybridized carbons (Fsp3) is 0.417. The van der Waals surface area contributed by atoms with Crippen LogP contribution in [0, 0.1) is 6.92 Å². The summed E-state index contributed by atoms with van der Waals surface area (Å²) in [7, 11) is -0.535. The van der Waals surface area contributed by atoms with Crippen LogP contribution in [0.3, 0.4) is 0 Å². The predicted octanol–water partition coefficient (Wildman–Crippen LogP) is 2.95. The molecule has 2 aromatic carbocycles. The Morgan fingerprint density at radius 2 is 1.75 bits per heavy atom. The topological polar surface area (TPSA) is 86.8 Å². The summed E-state index contributed by atoms with van der Waals surface area (Å²) in [4.78, 5) is 27.4. The average Bonchev–Trinajstić information content (AvgIpc) is 2.79. The van der Waals surface area contributed by atoms with Crippen LogP contribution in [-0.4, -0.2) is 56.1 Å². The Kier molecular flexibility index (Phi) is 9.41. The first kappa shape index (κ1) is 25.5. The maximum Gasteiger partial charge on any atom is 0.242 e. The number of nitrogens with one attached hydrogen (secondary N) is 1. The maximum atomic E-state index is 13.1. The molecule has 0 aliphatic carbocycles. The van der Waals surface area contributed by atoms with Gasteiger partial charge >= 0.3 is 0 Å². The monoisotopic (exact) mass is 459 g/mol. The zero-order chi connectivity index (χ0) is 23.7. The molecular weight excluding hydrogens is 426 g/mol. The summed E-state index contributed by atoms with van der Waals surface area (Å²) in [6, 6.07) is 15.5. The van der Waals surface area contributed by atoms with Crippen molar-refractivity contribution in [1.82, 2.24) is 14.5 Å². The number of hydrogen-bond acceptors (Lipinski definition) is 4. The summed E-state index contributed by atoms with van der Waals surface area (Å²) in [6.45, 7) is 4.38. The SMILES string of the molecule is CCC(C(=O)NC)N(Cc1cccc(C)c1)C(=O)CCCN(C)S(=O)(=O)c1ccccc1. The third-order valence-electron chi connectivity index (χ3n) is 5.38. The van der Waals surface area contributed by atoms with Crippen molar-refractivity contribution in [2.24, 2.45) is 0 Å². The normalized spacial score (nSPS) is 12.4. The van der Waals surface area contributed by atoms with E-state index in [1.165, 1.54) is 11.4 Å². The number of nitrogens with zero attached hydrogens (tertiary/aromatic N) is 2. The van der Waals surface area contributed by atoms with Gasteiger partial charge in [0.25, 0.3) is 0 Å². The van der Waals surface area contributed by atoms with Gasteiger partial charge in [0.15, 0.2) is 0 Å². The summed E-state index contributed by atoms with van der Waals surface area (Å²) in [5, 5.41) is 2.64. The minimum absolute atomic E-state index is 0.147. The second kappa shape index (κ2) is 11.8. The van der Waals surface area contributed by atoms with Crippen LogP contribution in [0.25, 0.3) is 0 Å². The molecule has 0 saturated heterocycles. The van der Waals surface area contributed by atoms with Crippen LogP contribution in [-0.2, 0) is 26.2 Å². The van der Waals surface area contributed by atoms with E-state index in [2.05, 4.69) is 5.32 Å². The minimum atomic E-state index is -3.60. The highest BCUT2D eigenvalue weighted by atomic mass is 32.2. The Morgan fingerprint density at radius 1 is 1.06 bits per heavy atom. The molecule has 0 saturated carbocycles. The fourth-order valence-electron chi connectivity index (χ4n) is 3.58. The van der Waals surface area contributed by atoms with Gasteiger partial charge in [-0.05, 0) is 37.5 Å². The van der Waals surface area contributed by atoms with E-state index in [9.17, 15) is 18.0 Å². The molecule has 1 atom stereocenters. The lowest BCUT2D eigenvalue weighted by atomic mass is 10.1. The summed E-state index contributed by atoms with van der Waals surface area (Å²) in [5.41, 5.74) is 2.03. The van der Waals surface area contributed by atoms with Crippen molar-refractivity contribution in [3.05, 3.63) is 65.7 Å². The van der Waals surface area contributed by atoms with Gasteiger partial charge in [0, 0.05) is 33.6 Å². The minimum Gasteiger partial charge on any atom is -0.357 e. The van der Waals surface area contributed by atoms with E-state index in [4.69, 9.17) is 0 Å². The molecule has 32 heavy (non-hydrogen) atoms. The number of sulfonamides is 1. The first-order valence-corrected chi connectivity index (χ1v) is 12.2. The first-order chi connectivity index (χ1) is 15.2. The Bertz CT molecular complexity index is 1010. The average molecular weight is 460 g/mol. The van der Waals surface area contributed by atoms with Crippen molar-refractivity contribution in [3.8, 4) is 0 Å². The third kappa shape index (κ3) is 6.64. The molecule has 0 fully saturated rings. The van der Waals surface area contributed by atoms with Crippen LogP contribution in [0.15, 0.2) is 59.5 Å². The molecule has 0 aromatic heterocycles. The summed E-state index contributed by atoms with van der Waals surface area (Å²) >= 11 is 0. The number of rotatable bonds is 11. The zero-order valence-corrected chi connectivity index (χ0v) is 20.1.